The third-order valence-electron chi connectivity index (χ3n) is 3.02. The van der Waals surface area contributed by atoms with Crippen LogP contribution in [-0.4, -0.2) is 25.3 Å². The number of thiophene rings is 1. The van der Waals surface area contributed by atoms with Gasteiger partial charge < -0.3 is 14.6 Å². The molecule has 21 heavy (non-hydrogen) atoms. The van der Waals surface area contributed by atoms with Crippen molar-refractivity contribution in [2.75, 3.05) is 14.2 Å². The van der Waals surface area contributed by atoms with Gasteiger partial charge >= 0.3 is 5.97 Å². The van der Waals surface area contributed by atoms with Gasteiger partial charge in [-0.15, -0.1) is 23.1 Å². The van der Waals surface area contributed by atoms with Crippen LogP contribution in [0.2, 0.25) is 0 Å². The summed E-state index contributed by atoms with van der Waals surface area (Å²) < 4.78 is 10.6. The summed E-state index contributed by atoms with van der Waals surface area (Å²) in [5, 5.41) is 10.8. The number of carboxylic acids is 1. The van der Waals surface area contributed by atoms with Gasteiger partial charge in [0.2, 0.25) is 0 Å². The van der Waals surface area contributed by atoms with Crippen molar-refractivity contribution in [3.8, 4) is 11.5 Å². The molecular formula is C15H16O4S2. The number of thioether (sulfide) groups is 1. The largest absolute Gasteiger partial charge is 0.493 e. The van der Waals surface area contributed by atoms with Crippen molar-refractivity contribution in [2.45, 2.75) is 17.6 Å². The highest BCUT2D eigenvalue weighted by atomic mass is 32.2. The van der Waals surface area contributed by atoms with E-state index in [4.69, 9.17) is 14.6 Å². The molecule has 2 rings (SSSR count). The number of rotatable bonds is 6. The number of ether oxygens (including phenoxy) is 2. The van der Waals surface area contributed by atoms with Gasteiger partial charge in [-0.25, -0.2) is 4.79 Å². The van der Waals surface area contributed by atoms with Crippen LogP contribution < -0.4 is 9.47 Å². The molecule has 4 nitrogen and oxygen atoms in total. The number of hydrogen-bond donors (Lipinski definition) is 1. The van der Waals surface area contributed by atoms with E-state index >= 15 is 0 Å². The van der Waals surface area contributed by atoms with Gasteiger partial charge in [0.25, 0.3) is 0 Å². The van der Waals surface area contributed by atoms with Gasteiger partial charge in [-0.3, -0.25) is 0 Å². The van der Waals surface area contributed by atoms with Gasteiger partial charge in [-0.05, 0) is 36.2 Å². The average molecular weight is 324 g/mol. The molecule has 1 aromatic carbocycles. The van der Waals surface area contributed by atoms with Gasteiger partial charge in [-0.2, -0.15) is 0 Å². The number of aryl methyl sites for hydroxylation is 1. The molecular weight excluding hydrogens is 308 g/mol. The first kappa shape index (κ1) is 15.7. The minimum Gasteiger partial charge on any atom is -0.493 e. The lowest BCUT2D eigenvalue weighted by molar-refractivity contribution is 0.0702. The fourth-order valence-corrected chi connectivity index (χ4v) is 3.78. The fourth-order valence-electron chi connectivity index (χ4n) is 1.85. The van der Waals surface area contributed by atoms with Gasteiger partial charge in [0, 0.05) is 16.0 Å². The molecule has 0 radical (unpaired) electrons. The summed E-state index contributed by atoms with van der Waals surface area (Å²) in [5.74, 6) is 1.29. The molecule has 0 fully saturated rings. The summed E-state index contributed by atoms with van der Waals surface area (Å²) in [6, 6.07) is 5.62. The van der Waals surface area contributed by atoms with Crippen molar-refractivity contribution in [3.63, 3.8) is 0 Å². The highest BCUT2D eigenvalue weighted by Gasteiger charge is 2.11. The fraction of sp³-hybridized carbons (Fsp3) is 0.267. The highest BCUT2D eigenvalue weighted by Crippen LogP contribution is 2.34. The van der Waals surface area contributed by atoms with Crippen LogP contribution in [0.1, 0.15) is 20.8 Å². The summed E-state index contributed by atoms with van der Waals surface area (Å²) in [4.78, 5) is 12.2. The summed E-state index contributed by atoms with van der Waals surface area (Å²) in [6.07, 6.45) is 0. The maximum Gasteiger partial charge on any atom is 0.345 e. The van der Waals surface area contributed by atoms with E-state index in [1.165, 1.54) is 11.3 Å². The smallest absolute Gasteiger partial charge is 0.345 e. The van der Waals surface area contributed by atoms with E-state index in [2.05, 4.69) is 0 Å². The average Bonchev–Trinajstić information content (AvgIpc) is 2.94. The molecule has 0 spiro atoms. The van der Waals surface area contributed by atoms with E-state index in [0.29, 0.717) is 16.4 Å². The Labute approximate surface area is 131 Å². The lowest BCUT2D eigenvalue weighted by Crippen LogP contribution is -1.95. The van der Waals surface area contributed by atoms with Crippen LogP contribution in [0.3, 0.4) is 0 Å². The monoisotopic (exact) mass is 324 g/mol. The number of aromatic carboxylic acids is 1. The third-order valence-corrected chi connectivity index (χ3v) is 5.11. The normalized spacial score (nSPS) is 10.4. The van der Waals surface area contributed by atoms with Crippen molar-refractivity contribution in [3.05, 3.63) is 39.6 Å². The summed E-state index contributed by atoms with van der Waals surface area (Å²) >= 11 is 2.85. The maximum absolute atomic E-state index is 10.9. The lowest BCUT2D eigenvalue weighted by atomic mass is 10.1. The van der Waals surface area contributed by atoms with Gasteiger partial charge in [0.1, 0.15) is 4.88 Å². The zero-order valence-electron chi connectivity index (χ0n) is 12.0. The Hall–Kier alpha value is -1.66. The number of carbonyl (C=O) groups is 1. The molecule has 1 heterocycles. The molecule has 0 aliphatic heterocycles. The second-order valence-corrected chi connectivity index (χ2v) is 6.33. The summed E-state index contributed by atoms with van der Waals surface area (Å²) in [7, 11) is 3.23. The van der Waals surface area contributed by atoms with Crippen LogP contribution in [0.15, 0.2) is 28.5 Å². The number of methoxy groups -OCH3 is 2. The molecule has 0 saturated heterocycles. The predicted octanol–water partition coefficient (Wildman–Crippen LogP) is 4.06. The second-order valence-electron chi connectivity index (χ2n) is 4.37. The third kappa shape index (κ3) is 3.71. The Morgan fingerprint density at radius 1 is 1.24 bits per heavy atom. The molecule has 0 unspecified atom stereocenters. The van der Waals surface area contributed by atoms with Crippen LogP contribution in [-0.2, 0) is 5.75 Å². The first-order chi connectivity index (χ1) is 10.0. The number of hydrogen-bond acceptors (Lipinski definition) is 5. The van der Waals surface area contributed by atoms with E-state index in [-0.39, 0.29) is 0 Å². The standard InChI is InChI=1S/C15H16O4S2/c1-9-4-12(18-2)13(19-3)5-10(9)7-20-11-6-14(15(16)17)21-8-11/h4-6,8H,7H2,1-3H3,(H,16,17). The van der Waals surface area contributed by atoms with E-state index in [1.807, 2.05) is 24.4 Å². The predicted molar refractivity (Wildman–Crippen MR) is 85.1 cm³/mol. The Morgan fingerprint density at radius 3 is 2.48 bits per heavy atom. The molecule has 0 amide bonds. The van der Waals surface area contributed by atoms with Crippen LogP contribution in [0.25, 0.3) is 0 Å². The lowest BCUT2D eigenvalue weighted by Gasteiger charge is -2.12. The van der Waals surface area contributed by atoms with Crippen LogP contribution >= 0.6 is 23.1 Å². The maximum atomic E-state index is 10.9. The minimum absolute atomic E-state index is 0.363. The molecule has 2 aromatic rings. The highest BCUT2D eigenvalue weighted by molar-refractivity contribution is 7.98. The van der Waals surface area contributed by atoms with Crippen molar-refractivity contribution in [1.82, 2.24) is 0 Å². The molecule has 0 aliphatic rings. The van der Waals surface area contributed by atoms with Crippen molar-refractivity contribution < 1.29 is 19.4 Å². The SMILES string of the molecule is COc1cc(C)c(CSc2csc(C(=O)O)c2)cc1OC. The van der Waals surface area contributed by atoms with Crippen molar-refractivity contribution in [2.24, 2.45) is 0 Å². The molecule has 1 N–H and O–H groups in total. The number of carboxylic acid groups (broad SMARTS) is 1. The van der Waals surface area contributed by atoms with Gasteiger partial charge in [-0.1, -0.05) is 0 Å². The van der Waals surface area contributed by atoms with Crippen molar-refractivity contribution >= 4 is 29.1 Å². The first-order valence-electron chi connectivity index (χ1n) is 6.21. The zero-order chi connectivity index (χ0) is 15.4. The molecule has 112 valence electrons. The second kappa shape index (κ2) is 6.87. The van der Waals surface area contributed by atoms with Crippen LogP contribution in [0.4, 0.5) is 0 Å². The summed E-state index contributed by atoms with van der Waals surface area (Å²) in [6.45, 7) is 2.02. The van der Waals surface area contributed by atoms with Gasteiger partial charge in [0.05, 0.1) is 14.2 Å². The van der Waals surface area contributed by atoms with Gasteiger partial charge in [0.15, 0.2) is 11.5 Å². The van der Waals surface area contributed by atoms with E-state index in [1.54, 1.807) is 32.0 Å². The Kier molecular flexibility index (Phi) is 5.14. The van der Waals surface area contributed by atoms with E-state index in [9.17, 15) is 4.79 Å². The zero-order valence-corrected chi connectivity index (χ0v) is 13.6. The van der Waals surface area contributed by atoms with E-state index in [0.717, 1.165) is 21.8 Å². The Morgan fingerprint density at radius 2 is 1.90 bits per heavy atom. The molecule has 1 aromatic heterocycles. The Balaban J connectivity index is 2.13. The molecule has 0 atom stereocenters. The first-order valence-corrected chi connectivity index (χ1v) is 8.07. The molecule has 6 heteroatoms. The topological polar surface area (TPSA) is 55.8 Å². The molecule has 0 aliphatic carbocycles. The summed E-state index contributed by atoms with van der Waals surface area (Å²) in [5.41, 5.74) is 2.26. The Bertz CT molecular complexity index is 649. The van der Waals surface area contributed by atoms with Crippen LogP contribution in [0, 0.1) is 6.92 Å². The van der Waals surface area contributed by atoms with Crippen LogP contribution in [0.5, 0.6) is 11.5 Å². The molecule has 0 bridgehead atoms. The minimum atomic E-state index is -0.880. The molecule has 0 saturated carbocycles. The number of benzene rings is 1. The van der Waals surface area contributed by atoms with Crippen molar-refractivity contribution in [1.29, 1.82) is 0 Å². The van der Waals surface area contributed by atoms with E-state index < -0.39 is 5.97 Å². The quantitative estimate of drug-likeness (QED) is 0.812.